The molecule has 2 nitrogen and oxygen atoms in total. The maximum Gasteiger partial charge on any atom is 0.0107 e. The molecule has 0 aliphatic carbocycles. The molecule has 0 atom stereocenters. The standard InChI is InChI=1S/C8H18N2.H2/c1-2-9-5-8-10-6-3-4-7-10;/h9H,2-8H2,1H3;1H. The first-order chi connectivity index (χ1) is 4.93. The summed E-state index contributed by atoms with van der Waals surface area (Å²) in [5.74, 6) is 0. The quantitative estimate of drug-likeness (QED) is 0.591. The van der Waals surface area contributed by atoms with Crippen LogP contribution in [0.5, 0.6) is 0 Å². The second kappa shape index (κ2) is 4.69. The van der Waals surface area contributed by atoms with Crippen molar-refractivity contribution in [3.8, 4) is 0 Å². The smallest absolute Gasteiger partial charge is 0.0107 e. The van der Waals surface area contributed by atoms with Gasteiger partial charge in [0.05, 0.1) is 0 Å². The van der Waals surface area contributed by atoms with Crippen LogP contribution >= 0.6 is 0 Å². The summed E-state index contributed by atoms with van der Waals surface area (Å²) < 4.78 is 0. The van der Waals surface area contributed by atoms with Gasteiger partial charge in [-0.2, -0.15) is 0 Å². The van der Waals surface area contributed by atoms with Crippen LogP contribution in [0.3, 0.4) is 0 Å². The molecule has 0 aromatic heterocycles. The molecule has 0 saturated carbocycles. The van der Waals surface area contributed by atoms with Crippen LogP contribution in [0.2, 0.25) is 0 Å². The van der Waals surface area contributed by atoms with E-state index in [1.54, 1.807) is 0 Å². The lowest BCUT2D eigenvalue weighted by molar-refractivity contribution is 0.337. The molecule has 1 saturated heterocycles. The summed E-state index contributed by atoms with van der Waals surface area (Å²) in [7, 11) is 0. The van der Waals surface area contributed by atoms with Crippen molar-refractivity contribution in [2.24, 2.45) is 0 Å². The minimum absolute atomic E-state index is 0. The van der Waals surface area contributed by atoms with Crippen molar-refractivity contribution in [2.75, 3.05) is 32.7 Å². The summed E-state index contributed by atoms with van der Waals surface area (Å²) in [4.78, 5) is 2.53. The second-order valence-corrected chi connectivity index (χ2v) is 2.90. The molecule has 10 heavy (non-hydrogen) atoms. The molecule has 62 valence electrons. The van der Waals surface area contributed by atoms with Crippen molar-refractivity contribution in [1.29, 1.82) is 0 Å². The maximum atomic E-state index is 3.33. The van der Waals surface area contributed by atoms with E-state index in [1.807, 2.05) is 0 Å². The Labute approximate surface area is 65.1 Å². The number of nitrogens with one attached hydrogen (secondary N) is 1. The van der Waals surface area contributed by atoms with Gasteiger partial charge in [0.2, 0.25) is 0 Å². The molecular formula is C8H20N2. The van der Waals surface area contributed by atoms with Crippen molar-refractivity contribution in [3.63, 3.8) is 0 Å². The number of likely N-dealkylation sites (N-methyl/N-ethyl adjacent to an activating group) is 1. The highest BCUT2D eigenvalue weighted by molar-refractivity contribution is 4.66. The van der Waals surface area contributed by atoms with Crippen LogP contribution in [0.1, 0.15) is 21.2 Å². The first kappa shape index (κ1) is 8.02. The summed E-state index contributed by atoms with van der Waals surface area (Å²) >= 11 is 0. The molecule has 1 fully saturated rings. The SMILES string of the molecule is CCNCCN1CCCC1.[HH]. The maximum absolute atomic E-state index is 3.33. The third-order valence-corrected chi connectivity index (χ3v) is 2.05. The third-order valence-electron chi connectivity index (χ3n) is 2.05. The number of likely N-dealkylation sites (tertiary alicyclic amines) is 1. The lowest BCUT2D eigenvalue weighted by Crippen LogP contribution is -2.29. The van der Waals surface area contributed by atoms with Gasteiger partial charge in [-0.15, -0.1) is 0 Å². The Bertz CT molecular complexity index is 82.2. The minimum Gasteiger partial charge on any atom is -0.316 e. The van der Waals surface area contributed by atoms with Gasteiger partial charge in [0.1, 0.15) is 0 Å². The molecule has 0 bridgehead atoms. The molecule has 2 heteroatoms. The Morgan fingerprint density at radius 2 is 2.10 bits per heavy atom. The molecule has 1 aliphatic rings. The van der Waals surface area contributed by atoms with Gasteiger partial charge in [-0.05, 0) is 32.5 Å². The van der Waals surface area contributed by atoms with Gasteiger partial charge in [0.25, 0.3) is 0 Å². The van der Waals surface area contributed by atoms with Gasteiger partial charge >= 0.3 is 0 Å². The van der Waals surface area contributed by atoms with E-state index in [4.69, 9.17) is 0 Å². The summed E-state index contributed by atoms with van der Waals surface area (Å²) in [6.45, 7) is 8.32. The third kappa shape index (κ3) is 2.67. The molecule has 0 spiro atoms. The predicted octanol–water partition coefficient (Wildman–Crippen LogP) is 0.938. The summed E-state index contributed by atoms with van der Waals surface area (Å²) in [6.07, 6.45) is 2.82. The first-order valence-electron chi connectivity index (χ1n) is 4.36. The minimum atomic E-state index is 0. The Hall–Kier alpha value is -0.0800. The fourth-order valence-corrected chi connectivity index (χ4v) is 1.42. The predicted molar refractivity (Wildman–Crippen MR) is 46.3 cm³/mol. The summed E-state index contributed by atoms with van der Waals surface area (Å²) in [5, 5.41) is 3.33. The highest BCUT2D eigenvalue weighted by atomic mass is 15.1. The van der Waals surface area contributed by atoms with E-state index in [0.717, 1.165) is 13.1 Å². The monoisotopic (exact) mass is 144 g/mol. The Morgan fingerprint density at radius 3 is 2.70 bits per heavy atom. The van der Waals surface area contributed by atoms with Crippen LogP contribution in [0.25, 0.3) is 0 Å². The lowest BCUT2D eigenvalue weighted by atomic mass is 10.4. The van der Waals surface area contributed by atoms with E-state index in [-0.39, 0.29) is 1.43 Å². The molecule has 0 aromatic rings. The molecular weight excluding hydrogens is 124 g/mol. The Kier molecular flexibility index (Phi) is 3.76. The number of hydrogen-bond acceptors (Lipinski definition) is 2. The van der Waals surface area contributed by atoms with Gasteiger partial charge in [-0.25, -0.2) is 0 Å². The van der Waals surface area contributed by atoms with Gasteiger partial charge in [-0.3, -0.25) is 0 Å². The zero-order chi connectivity index (χ0) is 7.23. The largest absolute Gasteiger partial charge is 0.316 e. The van der Waals surface area contributed by atoms with Crippen molar-refractivity contribution in [1.82, 2.24) is 10.2 Å². The molecule has 1 heterocycles. The second-order valence-electron chi connectivity index (χ2n) is 2.90. The van der Waals surface area contributed by atoms with Crippen molar-refractivity contribution >= 4 is 0 Å². The van der Waals surface area contributed by atoms with E-state index < -0.39 is 0 Å². The van der Waals surface area contributed by atoms with Crippen LogP contribution in [0.15, 0.2) is 0 Å². The van der Waals surface area contributed by atoms with E-state index in [0.29, 0.717) is 0 Å². The normalized spacial score (nSPS) is 20.1. The topological polar surface area (TPSA) is 15.3 Å². The lowest BCUT2D eigenvalue weighted by Gasteiger charge is -2.13. The van der Waals surface area contributed by atoms with Crippen molar-refractivity contribution in [2.45, 2.75) is 19.8 Å². The average molecular weight is 144 g/mol. The molecule has 0 radical (unpaired) electrons. The van der Waals surface area contributed by atoms with E-state index in [2.05, 4.69) is 17.1 Å². The zero-order valence-electron chi connectivity index (χ0n) is 6.90. The van der Waals surface area contributed by atoms with Crippen LogP contribution in [0, 0.1) is 0 Å². The molecule has 0 amide bonds. The van der Waals surface area contributed by atoms with Gasteiger partial charge in [0, 0.05) is 14.5 Å². The molecule has 1 N–H and O–H groups in total. The van der Waals surface area contributed by atoms with Gasteiger partial charge in [-0.1, -0.05) is 6.92 Å². The van der Waals surface area contributed by atoms with E-state index >= 15 is 0 Å². The number of rotatable bonds is 4. The highest BCUT2D eigenvalue weighted by Crippen LogP contribution is 2.05. The summed E-state index contributed by atoms with van der Waals surface area (Å²) in [5.41, 5.74) is 0. The van der Waals surface area contributed by atoms with Crippen molar-refractivity contribution in [3.05, 3.63) is 0 Å². The van der Waals surface area contributed by atoms with Gasteiger partial charge in [0.15, 0.2) is 0 Å². The molecule has 1 aliphatic heterocycles. The van der Waals surface area contributed by atoms with E-state index in [9.17, 15) is 0 Å². The van der Waals surface area contributed by atoms with Gasteiger partial charge < -0.3 is 10.2 Å². The Morgan fingerprint density at radius 1 is 1.40 bits per heavy atom. The average Bonchev–Trinajstić information content (AvgIpc) is 2.41. The van der Waals surface area contributed by atoms with Crippen molar-refractivity contribution < 1.29 is 1.43 Å². The molecule has 1 rings (SSSR count). The Balaban J connectivity index is 0.000001000. The number of hydrogen-bond donors (Lipinski definition) is 1. The van der Waals surface area contributed by atoms with Crippen LogP contribution < -0.4 is 5.32 Å². The summed E-state index contributed by atoms with van der Waals surface area (Å²) in [6, 6.07) is 0. The molecule has 0 unspecified atom stereocenters. The fourth-order valence-electron chi connectivity index (χ4n) is 1.42. The van der Waals surface area contributed by atoms with Crippen LogP contribution in [-0.2, 0) is 0 Å². The zero-order valence-corrected chi connectivity index (χ0v) is 6.90. The first-order valence-corrected chi connectivity index (χ1v) is 4.36. The molecule has 0 aromatic carbocycles. The van der Waals surface area contributed by atoms with E-state index in [1.165, 1.54) is 32.5 Å². The van der Waals surface area contributed by atoms with Crippen LogP contribution in [0.4, 0.5) is 0 Å². The van der Waals surface area contributed by atoms with Crippen LogP contribution in [-0.4, -0.2) is 37.6 Å². The fraction of sp³-hybridized carbons (Fsp3) is 1.00. The highest BCUT2D eigenvalue weighted by Gasteiger charge is 2.09. The number of nitrogens with zero attached hydrogens (tertiary/aromatic N) is 1.